The van der Waals surface area contributed by atoms with Crippen molar-refractivity contribution in [3.8, 4) is 11.1 Å². The number of nitrogens with one attached hydrogen (secondary N) is 3. The fraction of sp³-hybridized carbons (Fsp3) is 0.290. The number of hydrogen-bond acceptors (Lipinski definition) is 7. The Morgan fingerprint density at radius 1 is 1.14 bits per heavy atom. The first-order chi connectivity index (χ1) is 20.1. The fourth-order valence-corrected chi connectivity index (χ4v) is 7.56. The van der Waals surface area contributed by atoms with Crippen LogP contribution in [0.4, 0.5) is 16.0 Å². The van der Waals surface area contributed by atoms with E-state index in [1.165, 1.54) is 18.2 Å². The zero-order chi connectivity index (χ0) is 29.6. The summed E-state index contributed by atoms with van der Waals surface area (Å²) in [5.41, 5.74) is 3.49. The molecule has 1 atom stereocenters. The molecule has 2 heterocycles. The van der Waals surface area contributed by atoms with Crippen molar-refractivity contribution < 1.29 is 17.9 Å². The number of hydrogen-bond donors (Lipinski definition) is 4. The summed E-state index contributed by atoms with van der Waals surface area (Å²) in [6.07, 6.45) is 3.73. The summed E-state index contributed by atoms with van der Waals surface area (Å²) in [5, 5.41) is 18.0. The fourth-order valence-electron chi connectivity index (χ4n) is 5.87. The van der Waals surface area contributed by atoms with Gasteiger partial charge in [0.2, 0.25) is 5.95 Å². The molecule has 0 amide bonds. The van der Waals surface area contributed by atoms with Crippen LogP contribution in [0.5, 0.6) is 0 Å². The molecule has 4 aromatic rings. The summed E-state index contributed by atoms with van der Waals surface area (Å²) in [4.78, 5) is 9.13. The average Bonchev–Trinajstić information content (AvgIpc) is 3.33. The van der Waals surface area contributed by atoms with Crippen LogP contribution in [0.25, 0.3) is 27.6 Å². The number of nitrogens with zero attached hydrogens (tertiary/aromatic N) is 2. The SMILES string of the molecule is C=C(C)c1c(NS(=O)(=O)c2cc(Cl)cc3c2CCC3O)ccc(F)c1-c1ccc2nc(NC3CCNCC3)ncc2c1. The molecule has 0 radical (unpaired) electrons. The predicted octanol–water partition coefficient (Wildman–Crippen LogP) is 6.07. The standard InChI is InChI=1S/C31H31ClFN5O3S/c1-17(2)29-26(38-42(40,41)28-15-20(32)14-23-22(28)4-8-27(23)39)7-5-24(33)30(29)18-3-6-25-19(13-18)16-35-31(37-25)36-21-9-11-34-12-10-21/h3,5-7,13-16,21,27,34,38-39H,1,4,8-12H2,2H3,(H,35,36,37). The van der Waals surface area contributed by atoms with Crippen LogP contribution in [0.15, 0.2) is 60.1 Å². The van der Waals surface area contributed by atoms with E-state index < -0.39 is 21.9 Å². The number of sulfonamides is 1. The molecular weight excluding hydrogens is 577 g/mol. The summed E-state index contributed by atoms with van der Waals surface area (Å²) >= 11 is 6.23. The number of aliphatic hydroxyl groups excluding tert-OH is 1. The average molecular weight is 608 g/mol. The number of halogens is 2. The molecule has 3 aromatic carbocycles. The number of aliphatic hydroxyl groups is 1. The lowest BCUT2D eigenvalue weighted by molar-refractivity contribution is 0.180. The molecule has 1 unspecified atom stereocenters. The number of allylic oxidation sites excluding steroid dienone is 1. The van der Waals surface area contributed by atoms with Gasteiger partial charge in [0.15, 0.2) is 0 Å². The Hall–Kier alpha value is -3.57. The minimum Gasteiger partial charge on any atom is -0.388 e. The van der Waals surface area contributed by atoms with Gasteiger partial charge in [-0.15, -0.1) is 0 Å². The highest BCUT2D eigenvalue weighted by Crippen LogP contribution is 2.41. The summed E-state index contributed by atoms with van der Waals surface area (Å²) < 4.78 is 45.5. The van der Waals surface area contributed by atoms with Crippen LogP contribution in [-0.2, 0) is 16.4 Å². The molecule has 11 heteroatoms. The highest BCUT2D eigenvalue weighted by atomic mass is 35.5. The maximum Gasteiger partial charge on any atom is 0.262 e. The Morgan fingerprint density at radius 3 is 2.69 bits per heavy atom. The van der Waals surface area contributed by atoms with E-state index in [9.17, 15) is 13.5 Å². The molecule has 1 saturated heterocycles. The van der Waals surface area contributed by atoms with Gasteiger partial charge in [-0.05, 0) is 104 Å². The third kappa shape index (κ3) is 5.47. The number of piperidine rings is 1. The van der Waals surface area contributed by atoms with Gasteiger partial charge in [-0.2, -0.15) is 0 Å². The zero-order valence-electron chi connectivity index (χ0n) is 23.0. The van der Waals surface area contributed by atoms with Crippen LogP contribution in [0.1, 0.15) is 49.0 Å². The molecular formula is C31H31ClFN5O3S. The largest absolute Gasteiger partial charge is 0.388 e. The van der Waals surface area contributed by atoms with Gasteiger partial charge < -0.3 is 15.7 Å². The highest BCUT2D eigenvalue weighted by Gasteiger charge is 2.30. The van der Waals surface area contributed by atoms with Gasteiger partial charge >= 0.3 is 0 Å². The molecule has 0 spiro atoms. The van der Waals surface area contributed by atoms with Crippen molar-refractivity contribution in [1.29, 1.82) is 0 Å². The molecule has 6 rings (SSSR count). The summed E-state index contributed by atoms with van der Waals surface area (Å²) in [6.45, 7) is 7.63. The Labute approximate surface area is 249 Å². The van der Waals surface area contributed by atoms with Gasteiger partial charge in [0.05, 0.1) is 22.2 Å². The molecule has 0 bridgehead atoms. The van der Waals surface area contributed by atoms with Crippen molar-refractivity contribution in [3.05, 3.63) is 82.8 Å². The lowest BCUT2D eigenvalue weighted by Crippen LogP contribution is -2.35. The van der Waals surface area contributed by atoms with Crippen molar-refractivity contribution in [1.82, 2.24) is 15.3 Å². The molecule has 8 nitrogen and oxygen atoms in total. The normalized spacial score (nSPS) is 17.3. The van der Waals surface area contributed by atoms with E-state index in [0.717, 1.165) is 31.3 Å². The maximum atomic E-state index is 15.5. The van der Waals surface area contributed by atoms with E-state index in [-0.39, 0.29) is 21.2 Å². The zero-order valence-corrected chi connectivity index (χ0v) is 24.6. The summed E-state index contributed by atoms with van der Waals surface area (Å²) in [5.74, 6) is 0.0274. The molecule has 1 aliphatic carbocycles. The van der Waals surface area contributed by atoms with Crippen LogP contribution in [0.3, 0.4) is 0 Å². The van der Waals surface area contributed by atoms with Crippen molar-refractivity contribution in [2.24, 2.45) is 0 Å². The second-order valence-corrected chi connectivity index (χ2v) is 13.0. The second kappa shape index (κ2) is 11.3. The van der Waals surface area contributed by atoms with Crippen LogP contribution in [0.2, 0.25) is 5.02 Å². The summed E-state index contributed by atoms with van der Waals surface area (Å²) in [6, 6.07) is 11.3. The first-order valence-electron chi connectivity index (χ1n) is 13.9. The van der Waals surface area contributed by atoms with Gasteiger partial charge in [0.1, 0.15) is 5.82 Å². The van der Waals surface area contributed by atoms with Gasteiger partial charge in [0.25, 0.3) is 10.0 Å². The smallest absolute Gasteiger partial charge is 0.262 e. The van der Waals surface area contributed by atoms with Gasteiger partial charge in [-0.25, -0.2) is 22.8 Å². The van der Waals surface area contributed by atoms with E-state index in [1.807, 2.05) is 0 Å². The lowest BCUT2D eigenvalue weighted by Gasteiger charge is -2.23. The Morgan fingerprint density at radius 2 is 1.93 bits per heavy atom. The highest BCUT2D eigenvalue weighted by molar-refractivity contribution is 7.92. The van der Waals surface area contributed by atoms with E-state index in [1.54, 1.807) is 37.4 Å². The van der Waals surface area contributed by atoms with Crippen LogP contribution >= 0.6 is 11.6 Å². The van der Waals surface area contributed by atoms with Crippen LogP contribution < -0.4 is 15.4 Å². The minimum atomic E-state index is -4.14. The lowest BCUT2D eigenvalue weighted by atomic mass is 9.93. The third-order valence-electron chi connectivity index (χ3n) is 7.89. The second-order valence-electron chi connectivity index (χ2n) is 10.9. The van der Waals surface area contributed by atoms with Gasteiger partial charge in [-0.3, -0.25) is 4.72 Å². The van der Waals surface area contributed by atoms with Crippen LogP contribution in [0, 0.1) is 5.82 Å². The summed E-state index contributed by atoms with van der Waals surface area (Å²) in [7, 11) is -4.14. The third-order valence-corrected chi connectivity index (χ3v) is 9.54. The quantitative estimate of drug-likeness (QED) is 0.202. The first kappa shape index (κ1) is 28.5. The maximum absolute atomic E-state index is 15.5. The monoisotopic (exact) mass is 607 g/mol. The van der Waals surface area contributed by atoms with E-state index >= 15 is 4.39 Å². The molecule has 2 aliphatic rings. The van der Waals surface area contributed by atoms with E-state index in [0.29, 0.717) is 58.2 Å². The minimum absolute atomic E-state index is 0.00292. The molecule has 42 heavy (non-hydrogen) atoms. The van der Waals surface area contributed by atoms with Gasteiger partial charge in [0, 0.05) is 33.8 Å². The van der Waals surface area contributed by atoms with E-state index in [4.69, 9.17) is 11.6 Å². The van der Waals surface area contributed by atoms with Crippen LogP contribution in [-0.4, -0.2) is 42.6 Å². The number of rotatable bonds is 7. The Balaban J connectivity index is 1.37. The molecule has 0 saturated carbocycles. The number of benzene rings is 3. The molecule has 1 aliphatic heterocycles. The van der Waals surface area contributed by atoms with Crippen molar-refractivity contribution in [2.75, 3.05) is 23.1 Å². The molecule has 1 fully saturated rings. The molecule has 1 aromatic heterocycles. The van der Waals surface area contributed by atoms with Crippen molar-refractivity contribution in [2.45, 2.75) is 49.6 Å². The van der Waals surface area contributed by atoms with Crippen molar-refractivity contribution >= 4 is 49.7 Å². The molecule has 4 N–H and O–H groups in total. The molecule has 218 valence electrons. The topological polar surface area (TPSA) is 116 Å². The van der Waals surface area contributed by atoms with Crippen molar-refractivity contribution in [3.63, 3.8) is 0 Å². The van der Waals surface area contributed by atoms with E-state index in [2.05, 4.69) is 31.9 Å². The van der Waals surface area contributed by atoms with Gasteiger partial charge in [-0.1, -0.05) is 24.2 Å². The predicted molar refractivity (Wildman–Crippen MR) is 165 cm³/mol. The first-order valence-corrected chi connectivity index (χ1v) is 15.7. The Bertz CT molecular complexity index is 1830. The Kier molecular flexibility index (Phi) is 7.65. The number of fused-ring (bicyclic) bond motifs is 2. The number of anilines is 2. The number of aromatic nitrogens is 2.